The molecule has 0 spiro atoms. The zero-order valence-electron chi connectivity index (χ0n) is 9.37. The van der Waals surface area contributed by atoms with E-state index in [1.54, 1.807) is 37.3 Å². The molecule has 0 saturated carbocycles. The molecule has 0 aromatic heterocycles. The van der Waals surface area contributed by atoms with E-state index in [2.05, 4.69) is 5.32 Å². The molecule has 1 N–H and O–H groups in total. The smallest absolute Gasteiger partial charge is 0.128 e. The number of nitrogens with one attached hydrogen (secondary N) is 1. The van der Waals surface area contributed by atoms with Crippen LogP contribution in [-0.2, 0) is 0 Å². The van der Waals surface area contributed by atoms with E-state index < -0.39 is 0 Å². The van der Waals surface area contributed by atoms with Crippen molar-refractivity contribution in [2.75, 3.05) is 5.32 Å². The Morgan fingerprint density at radius 2 is 1.71 bits per heavy atom. The van der Waals surface area contributed by atoms with Crippen LogP contribution in [-0.4, -0.2) is 0 Å². The molecule has 0 aliphatic heterocycles. The molecule has 0 bridgehead atoms. The van der Waals surface area contributed by atoms with E-state index in [0.29, 0.717) is 16.8 Å². The van der Waals surface area contributed by atoms with Crippen molar-refractivity contribution >= 4 is 11.4 Å². The van der Waals surface area contributed by atoms with Crippen LogP contribution in [0.1, 0.15) is 11.1 Å². The zero-order chi connectivity index (χ0) is 12.3. The summed E-state index contributed by atoms with van der Waals surface area (Å²) in [5.74, 6) is -0.233. The van der Waals surface area contributed by atoms with Crippen LogP contribution in [0.25, 0.3) is 0 Å². The maximum atomic E-state index is 13.3. The summed E-state index contributed by atoms with van der Waals surface area (Å²) < 4.78 is 13.3. The van der Waals surface area contributed by atoms with Crippen LogP contribution >= 0.6 is 0 Å². The lowest BCUT2D eigenvalue weighted by molar-refractivity contribution is 0.619. The minimum atomic E-state index is -0.233. The molecule has 0 heterocycles. The quantitative estimate of drug-likeness (QED) is 0.846. The third-order valence-corrected chi connectivity index (χ3v) is 2.47. The van der Waals surface area contributed by atoms with Crippen LogP contribution in [0.15, 0.2) is 42.5 Å². The second-order valence-corrected chi connectivity index (χ2v) is 3.78. The number of hydrogen-bond donors (Lipinski definition) is 1. The number of aryl methyl sites for hydroxylation is 1. The second kappa shape index (κ2) is 4.67. The van der Waals surface area contributed by atoms with E-state index in [9.17, 15) is 4.39 Å². The molecule has 2 rings (SSSR count). The monoisotopic (exact) mass is 226 g/mol. The van der Waals surface area contributed by atoms with E-state index in [4.69, 9.17) is 5.26 Å². The molecule has 84 valence electrons. The first-order chi connectivity index (χ1) is 8.19. The highest BCUT2D eigenvalue weighted by Gasteiger charge is 2.00. The van der Waals surface area contributed by atoms with E-state index in [-0.39, 0.29) is 5.82 Å². The van der Waals surface area contributed by atoms with Crippen LogP contribution in [0.5, 0.6) is 0 Å². The molecular formula is C14H11FN2. The van der Waals surface area contributed by atoms with Gasteiger partial charge in [-0.3, -0.25) is 0 Å². The van der Waals surface area contributed by atoms with Gasteiger partial charge in [-0.2, -0.15) is 5.26 Å². The third-order valence-electron chi connectivity index (χ3n) is 2.47. The van der Waals surface area contributed by atoms with Crippen molar-refractivity contribution in [3.8, 4) is 6.07 Å². The topological polar surface area (TPSA) is 35.8 Å². The van der Waals surface area contributed by atoms with Crippen LogP contribution < -0.4 is 5.32 Å². The molecule has 0 fully saturated rings. The highest BCUT2D eigenvalue weighted by Crippen LogP contribution is 2.19. The number of hydrogen-bond acceptors (Lipinski definition) is 2. The number of rotatable bonds is 2. The number of anilines is 2. The van der Waals surface area contributed by atoms with Gasteiger partial charge >= 0.3 is 0 Å². The predicted octanol–water partition coefficient (Wildman–Crippen LogP) is 3.75. The van der Waals surface area contributed by atoms with Crippen molar-refractivity contribution < 1.29 is 4.39 Å². The minimum absolute atomic E-state index is 0.233. The molecule has 0 atom stereocenters. The van der Waals surface area contributed by atoms with E-state index in [0.717, 1.165) is 5.69 Å². The minimum Gasteiger partial charge on any atom is -0.355 e. The Kier molecular flexibility index (Phi) is 3.06. The van der Waals surface area contributed by atoms with Crippen molar-refractivity contribution in [1.29, 1.82) is 5.26 Å². The van der Waals surface area contributed by atoms with Crippen molar-refractivity contribution in [3.63, 3.8) is 0 Å². The van der Waals surface area contributed by atoms with E-state index in [1.807, 2.05) is 12.1 Å². The van der Waals surface area contributed by atoms with Crippen molar-refractivity contribution in [1.82, 2.24) is 0 Å². The number of nitriles is 1. The lowest BCUT2D eigenvalue weighted by atomic mass is 10.2. The van der Waals surface area contributed by atoms with Crippen LogP contribution in [0.3, 0.4) is 0 Å². The molecule has 2 aromatic rings. The molecule has 0 aliphatic carbocycles. The van der Waals surface area contributed by atoms with Crippen molar-refractivity contribution in [2.24, 2.45) is 0 Å². The van der Waals surface area contributed by atoms with Crippen molar-refractivity contribution in [2.45, 2.75) is 6.92 Å². The lowest BCUT2D eigenvalue weighted by Gasteiger charge is -2.07. The molecule has 0 amide bonds. The Hall–Kier alpha value is -2.34. The highest BCUT2D eigenvalue weighted by atomic mass is 19.1. The molecule has 2 aromatic carbocycles. The van der Waals surface area contributed by atoms with E-state index >= 15 is 0 Å². The number of halogens is 1. The summed E-state index contributed by atoms with van der Waals surface area (Å²) in [4.78, 5) is 0. The highest BCUT2D eigenvalue weighted by molar-refractivity contribution is 5.60. The van der Waals surface area contributed by atoms with Gasteiger partial charge in [0.25, 0.3) is 0 Å². The maximum Gasteiger partial charge on any atom is 0.128 e. The number of nitrogens with zero attached hydrogens (tertiary/aromatic N) is 1. The fourth-order valence-electron chi connectivity index (χ4n) is 1.47. The first kappa shape index (κ1) is 11.2. The maximum absolute atomic E-state index is 13.3. The van der Waals surface area contributed by atoms with Gasteiger partial charge in [-0.05, 0) is 48.9 Å². The van der Waals surface area contributed by atoms with Gasteiger partial charge in [-0.1, -0.05) is 6.07 Å². The molecule has 0 unspecified atom stereocenters. The van der Waals surface area contributed by atoms with Crippen LogP contribution in [0, 0.1) is 24.1 Å². The van der Waals surface area contributed by atoms with Gasteiger partial charge in [0.15, 0.2) is 0 Å². The summed E-state index contributed by atoms with van der Waals surface area (Å²) in [5, 5.41) is 11.7. The second-order valence-electron chi connectivity index (χ2n) is 3.78. The van der Waals surface area contributed by atoms with Gasteiger partial charge < -0.3 is 5.32 Å². The first-order valence-corrected chi connectivity index (χ1v) is 5.22. The van der Waals surface area contributed by atoms with Gasteiger partial charge in [0.05, 0.1) is 11.6 Å². The summed E-state index contributed by atoms with van der Waals surface area (Å²) >= 11 is 0. The predicted molar refractivity (Wildman–Crippen MR) is 65.6 cm³/mol. The molecule has 0 saturated heterocycles. The van der Waals surface area contributed by atoms with Gasteiger partial charge in [0.1, 0.15) is 5.82 Å². The summed E-state index contributed by atoms with van der Waals surface area (Å²) in [6.45, 7) is 1.72. The Labute approximate surface area is 99.3 Å². The van der Waals surface area contributed by atoms with Gasteiger partial charge in [0.2, 0.25) is 0 Å². The molecule has 0 aliphatic rings. The standard InChI is InChI=1S/C14H11FN2/c1-10-2-5-13(8-14(10)15)17-12-6-3-11(9-16)4-7-12/h2-8,17H,1H3. The number of benzene rings is 2. The molecule has 17 heavy (non-hydrogen) atoms. The SMILES string of the molecule is Cc1ccc(Nc2ccc(C#N)cc2)cc1F. The largest absolute Gasteiger partial charge is 0.355 e. The summed E-state index contributed by atoms with van der Waals surface area (Å²) in [5.41, 5.74) is 2.74. The van der Waals surface area contributed by atoms with Gasteiger partial charge in [0, 0.05) is 11.4 Å². The Morgan fingerprint density at radius 3 is 2.29 bits per heavy atom. The fourth-order valence-corrected chi connectivity index (χ4v) is 1.47. The average Bonchev–Trinajstić information content (AvgIpc) is 2.35. The Bertz CT molecular complexity index is 568. The summed E-state index contributed by atoms with van der Waals surface area (Å²) in [7, 11) is 0. The summed E-state index contributed by atoms with van der Waals surface area (Å²) in [6, 6.07) is 14.0. The lowest BCUT2D eigenvalue weighted by Crippen LogP contribution is -1.92. The van der Waals surface area contributed by atoms with Crippen LogP contribution in [0.2, 0.25) is 0 Å². The Morgan fingerprint density at radius 1 is 1.06 bits per heavy atom. The summed E-state index contributed by atoms with van der Waals surface area (Å²) in [6.07, 6.45) is 0. The van der Waals surface area contributed by atoms with Gasteiger partial charge in [-0.25, -0.2) is 4.39 Å². The normalized spacial score (nSPS) is 9.71. The molecule has 0 radical (unpaired) electrons. The fraction of sp³-hybridized carbons (Fsp3) is 0.0714. The van der Waals surface area contributed by atoms with Crippen LogP contribution in [0.4, 0.5) is 15.8 Å². The van der Waals surface area contributed by atoms with E-state index in [1.165, 1.54) is 6.07 Å². The van der Waals surface area contributed by atoms with Gasteiger partial charge in [-0.15, -0.1) is 0 Å². The molecule has 2 nitrogen and oxygen atoms in total. The van der Waals surface area contributed by atoms with Crippen molar-refractivity contribution in [3.05, 3.63) is 59.4 Å². The first-order valence-electron chi connectivity index (χ1n) is 5.22. The zero-order valence-corrected chi connectivity index (χ0v) is 9.37. The third kappa shape index (κ3) is 2.61. The molecule has 3 heteroatoms. The Balaban J connectivity index is 2.20. The molecular weight excluding hydrogens is 215 g/mol. The average molecular weight is 226 g/mol.